The van der Waals surface area contributed by atoms with Gasteiger partial charge in [0.05, 0.1) is 24.3 Å². The van der Waals surface area contributed by atoms with Crippen molar-refractivity contribution < 1.29 is 9.84 Å². The van der Waals surface area contributed by atoms with E-state index in [-0.39, 0.29) is 6.10 Å². The largest absolute Gasteiger partial charge is 0.484 e. The zero-order chi connectivity index (χ0) is 14.3. The highest BCUT2D eigenvalue weighted by Gasteiger charge is 2.30. The lowest BCUT2D eigenvalue weighted by atomic mass is 9.97. The molecule has 2 aromatic rings. The van der Waals surface area contributed by atoms with E-state index in [1.54, 1.807) is 24.7 Å². The number of benzene rings is 1. The number of aliphatic hydroxyl groups excluding tert-OH is 1. The summed E-state index contributed by atoms with van der Waals surface area (Å²) >= 11 is 5.96. The van der Waals surface area contributed by atoms with E-state index in [4.69, 9.17) is 16.3 Å². The van der Waals surface area contributed by atoms with E-state index < -0.39 is 6.10 Å². The Morgan fingerprint density at radius 2 is 2.25 bits per heavy atom. The number of nitrogens with zero attached hydrogens (tertiary/aromatic N) is 2. The maximum atomic E-state index is 10.3. The van der Waals surface area contributed by atoms with Gasteiger partial charge in [-0.05, 0) is 32.0 Å². The molecule has 0 spiro atoms. The highest BCUT2D eigenvalue weighted by molar-refractivity contribution is 6.30. The van der Waals surface area contributed by atoms with Crippen LogP contribution in [0.4, 0.5) is 0 Å². The Kier molecular flexibility index (Phi) is 3.44. The third-order valence-corrected chi connectivity index (χ3v) is 3.85. The summed E-state index contributed by atoms with van der Waals surface area (Å²) in [6.45, 7) is 4.19. The van der Waals surface area contributed by atoms with Gasteiger partial charge in [-0.3, -0.25) is 0 Å². The van der Waals surface area contributed by atoms with E-state index in [0.717, 1.165) is 11.3 Å². The summed E-state index contributed by atoms with van der Waals surface area (Å²) in [7, 11) is 0. The van der Waals surface area contributed by atoms with Crippen molar-refractivity contribution in [2.24, 2.45) is 0 Å². The van der Waals surface area contributed by atoms with Gasteiger partial charge in [-0.15, -0.1) is 0 Å². The lowest BCUT2D eigenvalue weighted by Crippen LogP contribution is -2.22. The summed E-state index contributed by atoms with van der Waals surface area (Å²) in [5, 5.41) is 10.9. The molecule has 106 valence electrons. The van der Waals surface area contributed by atoms with E-state index >= 15 is 0 Å². The fraction of sp³-hybridized carbons (Fsp3) is 0.400. The van der Waals surface area contributed by atoms with Crippen LogP contribution in [0, 0.1) is 0 Å². The van der Waals surface area contributed by atoms with E-state index in [1.165, 1.54) is 0 Å². The first kappa shape index (κ1) is 13.5. The van der Waals surface area contributed by atoms with Gasteiger partial charge < -0.3 is 14.4 Å². The summed E-state index contributed by atoms with van der Waals surface area (Å²) in [4.78, 5) is 4.19. The van der Waals surface area contributed by atoms with E-state index in [9.17, 15) is 5.11 Å². The molecular weight excluding hydrogens is 276 g/mol. The normalized spacial score (nSPS) is 21.6. The first-order valence-electron chi connectivity index (χ1n) is 6.72. The summed E-state index contributed by atoms with van der Waals surface area (Å²) in [5.74, 6) is 0.689. The molecule has 2 unspecified atom stereocenters. The molecule has 1 N–H and O–H groups in total. The summed E-state index contributed by atoms with van der Waals surface area (Å²) in [6, 6.07) is 5.65. The van der Waals surface area contributed by atoms with Crippen LogP contribution in [0.5, 0.6) is 5.75 Å². The molecule has 0 radical (unpaired) electrons. The van der Waals surface area contributed by atoms with Crippen molar-refractivity contribution in [3.8, 4) is 5.75 Å². The van der Waals surface area contributed by atoms with Crippen molar-refractivity contribution in [2.75, 3.05) is 0 Å². The minimum atomic E-state index is -0.571. The first-order valence-corrected chi connectivity index (χ1v) is 7.10. The van der Waals surface area contributed by atoms with Gasteiger partial charge in [0, 0.05) is 23.0 Å². The number of halogens is 1. The van der Waals surface area contributed by atoms with Crippen molar-refractivity contribution in [1.29, 1.82) is 0 Å². The molecule has 2 heterocycles. The second-order valence-electron chi connectivity index (χ2n) is 5.36. The molecule has 0 saturated carbocycles. The van der Waals surface area contributed by atoms with Gasteiger partial charge in [0.25, 0.3) is 0 Å². The number of aromatic nitrogens is 2. The molecule has 4 nitrogen and oxygen atoms in total. The molecule has 0 saturated heterocycles. The third kappa shape index (κ3) is 2.30. The maximum absolute atomic E-state index is 10.3. The van der Waals surface area contributed by atoms with Crippen LogP contribution in [0.25, 0.3) is 0 Å². The third-order valence-electron chi connectivity index (χ3n) is 3.62. The number of hydrogen-bond donors (Lipinski definition) is 1. The van der Waals surface area contributed by atoms with Crippen molar-refractivity contribution in [3.05, 3.63) is 47.0 Å². The number of aliphatic hydroxyl groups is 1. The number of ether oxygens (including phenoxy) is 1. The Hall–Kier alpha value is -1.52. The van der Waals surface area contributed by atoms with Crippen LogP contribution in [0.1, 0.15) is 49.8 Å². The average Bonchev–Trinajstić information content (AvgIpc) is 2.89. The molecule has 1 aliphatic heterocycles. The smallest absolute Gasteiger partial charge is 0.143 e. The average molecular weight is 293 g/mol. The van der Waals surface area contributed by atoms with Crippen LogP contribution in [0.15, 0.2) is 30.7 Å². The summed E-state index contributed by atoms with van der Waals surface area (Å²) in [6.07, 6.45) is 3.35. The molecule has 0 amide bonds. The van der Waals surface area contributed by atoms with Gasteiger partial charge >= 0.3 is 0 Å². The molecule has 1 aromatic heterocycles. The van der Waals surface area contributed by atoms with Crippen LogP contribution in [0.3, 0.4) is 0 Å². The van der Waals surface area contributed by atoms with Crippen molar-refractivity contribution in [3.63, 3.8) is 0 Å². The number of rotatable bonds is 2. The Balaban J connectivity index is 1.95. The SMILES string of the molecule is CC(C)n1cncc1C1CC(O)c2cc(Cl)ccc2O1. The molecule has 3 rings (SSSR count). The zero-order valence-corrected chi connectivity index (χ0v) is 12.2. The van der Waals surface area contributed by atoms with Crippen molar-refractivity contribution >= 4 is 11.6 Å². The fourth-order valence-corrected chi connectivity index (χ4v) is 2.78. The van der Waals surface area contributed by atoms with Crippen LogP contribution >= 0.6 is 11.6 Å². The highest BCUT2D eigenvalue weighted by Crippen LogP contribution is 2.41. The Bertz CT molecular complexity index is 624. The molecule has 0 aliphatic carbocycles. The lowest BCUT2D eigenvalue weighted by Gasteiger charge is -2.30. The van der Waals surface area contributed by atoms with Crippen molar-refractivity contribution in [1.82, 2.24) is 9.55 Å². The van der Waals surface area contributed by atoms with E-state index in [1.807, 2.05) is 6.07 Å². The maximum Gasteiger partial charge on any atom is 0.143 e. The lowest BCUT2D eigenvalue weighted by molar-refractivity contribution is 0.0614. The monoisotopic (exact) mass is 292 g/mol. The minimum Gasteiger partial charge on any atom is -0.484 e. The molecule has 5 heteroatoms. The van der Waals surface area contributed by atoms with Gasteiger partial charge in [0.2, 0.25) is 0 Å². The predicted octanol–water partition coefficient (Wildman–Crippen LogP) is 3.67. The van der Waals surface area contributed by atoms with Crippen LogP contribution < -0.4 is 4.74 Å². The van der Waals surface area contributed by atoms with Crippen LogP contribution in [0.2, 0.25) is 5.02 Å². The Morgan fingerprint density at radius 1 is 1.45 bits per heavy atom. The second-order valence-corrected chi connectivity index (χ2v) is 5.80. The molecule has 0 bridgehead atoms. The number of imidazole rings is 1. The van der Waals surface area contributed by atoms with Gasteiger partial charge in [-0.2, -0.15) is 0 Å². The highest BCUT2D eigenvalue weighted by atomic mass is 35.5. The van der Waals surface area contributed by atoms with Gasteiger partial charge in [0.1, 0.15) is 11.9 Å². The fourth-order valence-electron chi connectivity index (χ4n) is 2.60. The quantitative estimate of drug-likeness (QED) is 0.918. The number of fused-ring (bicyclic) bond motifs is 1. The molecule has 20 heavy (non-hydrogen) atoms. The van der Waals surface area contributed by atoms with Gasteiger partial charge in [-0.1, -0.05) is 11.6 Å². The molecule has 1 aromatic carbocycles. The topological polar surface area (TPSA) is 47.3 Å². The number of hydrogen-bond acceptors (Lipinski definition) is 3. The second kappa shape index (κ2) is 5.11. The molecule has 1 aliphatic rings. The Labute approximate surface area is 123 Å². The summed E-state index contributed by atoms with van der Waals surface area (Å²) in [5.41, 5.74) is 1.74. The van der Waals surface area contributed by atoms with E-state index in [2.05, 4.69) is 23.4 Å². The first-order chi connectivity index (χ1) is 9.56. The summed E-state index contributed by atoms with van der Waals surface area (Å²) < 4.78 is 8.08. The van der Waals surface area contributed by atoms with Crippen LogP contribution in [-0.4, -0.2) is 14.7 Å². The van der Waals surface area contributed by atoms with Crippen molar-refractivity contribution in [2.45, 2.75) is 38.5 Å². The van der Waals surface area contributed by atoms with E-state index in [0.29, 0.717) is 23.2 Å². The predicted molar refractivity (Wildman–Crippen MR) is 77.0 cm³/mol. The van der Waals surface area contributed by atoms with Gasteiger partial charge in [-0.25, -0.2) is 4.98 Å². The molecular formula is C15H17ClN2O2. The molecule has 0 fully saturated rings. The molecule has 2 atom stereocenters. The standard InChI is InChI=1S/C15H17ClN2O2/c1-9(2)18-8-17-7-12(18)15-6-13(19)11-5-10(16)3-4-14(11)20-15/h3-5,7-9,13,15,19H,6H2,1-2H3. The van der Waals surface area contributed by atoms with Gasteiger partial charge in [0.15, 0.2) is 0 Å². The Morgan fingerprint density at radius 3 is 3.00 bits per heavy atom. The zero-order valence-electron chi connectivity index (χ0n) is 11.5. The minimum absolute atomic E-state index is 0.191. The van der Waals surface area contributed by atoms with Crippen LogP contribution in [-0.2, 0) is 0 Å².